The summed E-state index contributed by atoms with van der Waals surface area (Å²) in [6.45, 7) is 0. The van der Waals surface area contributed by atoms with Crippen molar-refractivity contribution in [2.45, 2.75) is 4.90 Å². The molecule has 0 aliphatic rings. The first-order valence-electron chi connectivity index (χ1n) is 8.45. The van der Waals surface area contributed by atoms with Gasteiger partial charge in [-0.05, 0) is 42.5 Å². The Morgan fingerprint density at radius 3 is 2.10 bits per heavy atom. The normalized spacial score (nSPS) is 11.0. The highest BCUT2D eigenvalue weighted by molar-refractivity contribution is 7.92. The molecule has 0 aromatic heterocycles. The minimum Gasteiger partial charge on any atom is -0.366 e. The molecule has 0 radical (unpaired) electrons. The molecule has 154 valence electrons. The molecule has 0 aliphatic carbocycles. The summed E-state index contributed by atoms with van der Waals surface area (Å²) in [5.74, 6) is -4.17. The molecule has 0 aliphatic heterocycles. The van der Waals surface area contributed by atoms with E-state index in [1.165, 1.54) is 24.3 Å². The molecule has 3 aromatic carbocycles. The van der Waals surface area contributed by atoms with Crippen LogP contribution >= 0.6 is 0 Å². The van der Waals surface area contributed by atoms with Gasteiger partial charge in [-0.15, -0.1) is 0 Å². The second-order valence-corrected chi connectivity index (χ2v) is 7.81. The Morgan fingerprint density at radius 1 is 0.867 bits per heavy atom. The van der Waals surface area contributed by atoms with E-state index in [1.807, 2.05) is 0 Å². The zero-order valence-corrected chi connectivity index (χ0v) is 16.0. The van der Waals surface area contributed by atoms with Gasteiger partial charge in [-0.1, -0.05) is 18.2 Å². The van der Waals surface area contributed by atoms with Gasteiger partial charge in [0.2, 0.25) is 0 Å². The van der Waals surface area contributed by atoms with E-state index in [-0.39, 0.29) is 10.5 Å². The molecule has 0 heterocycles. The van der Waals surface area contributed by atoms with Crippen molar-refractivity contribution in [1.29, 1.82) is 0 Å². The first-order chi connectivity index (χ1) is 14.2. The smallest absolute Gasteiger partial charge is 0.261 e. The molecule has 10 heteroatoms. The lowest BCUT2D eigenvalue weighted by Crippen LogP contribution is -2.17. The molecule has 0 bridgehead atoms. The van der Waals surface area contributed by atoms with E-state index in [0.29, 0.717) is 11.8 Å². The first kappa shape index (κ1) is 20.9. The molecule has 2 amide bonds. The fourth-order valence-corrected chi connectivity index (χ4v) is 3.59. The van der Waals surface area contributed by atoms with E-state index in [4.69, 9.17) is 5.73 Å². The number of para-hydroxylation sites is 1. The third kappa shape index (κ3) is 4.61. The Labute approximate surface area is 170 Å². The van der Waals surface area contributed by atoms with Gasteiger partial charge in [-0.2, -0.15) is 0 Å². The summed E-state index contributed by atoms with van der Waals surface area (Å²) in [6.07, 6.45) is 0. The molecule has 7 nitrogen and oxygen atoms in total. The predicted octanol–water partition coefficient (Wildman–Crippen LogP) is 3.12. The highest BCUT2D eigenvalue weighted by atomic mass is 32.2. The maximum absolute atomic E-state index is 13.9. The van der Waals surface area contributed by atoms with Crippen LogP contribution < -0.4 is 15.8 Å². The number of hydrogen-bond donors (Lipinski definition) is 3. The fraction of sp³-hybridized carbons (Fsp3) is 0. The second-order valence-electron chi connectivity index (χ2n) is 6.13. The Balaban J connectivity index is 1.79. The number of anilines is 2. The molecule has 0 spiro atoms. The van der Waals surface area contributed by atoms with E-state index in [9.17, 15) is 26.8 Å². The van der Waals surface area contributed by atoms with Gasteiger partial charge in [0, 0.05) is 17.3 Å². The molecule has 0 atom stereocenters. The van der Waals surface area contributed by atoms with Crippen molar-refractivity contribution in [2.24, 2.45) is 5.73 Å². The zero-order valence-electron chi connectivity index (χ0n) is 15.2. The number of hydrogen-bond acceptors (Lipinski definition) is 4. The number of amides is 2. The molecule has 3 aromatic rings. The third-order valence-corrected chi connectivity index (χ3v) is 5.42. The lowest BCUT2D eigenvalue weighted by molar-refractivity contribution is 0.0992. The summed E-state index contributed by atoms with van der Waals surface area (Å²) in [4.78, 5) is 23.4. The van der Waals surface area contributed by atoms with Gasteiger partial charge >= 0.3 is 0 Å². The molecular weight excluding hydrogens is 416 g/mol. The third-order valence-electron chi connectivity index (χ3n) is 4.02. The van der Waals surface area contributed by atoms with Crippen molar-refractivity contribution < 1.29 is 26.8 Å². The topological polar surface area (TPSA) is 118 Å². The Hall–Kier alpha value is -3.79. The van der Waals surface area contributed by atoms with Crippen LogP contribution in [0.2, 0.25) is 0 Å². The van der Waals surface area contributed by atoms with Crippen LogP contribution in [0.3, 0.4) is 0 Å². The van der Waals surface area contributed by atoms with Gasteiger partial charge in [-0.3, -0.25) is 14.3 Å². The molecule has 0 saturated carbocycles. The van der Waals surface area contributed by atoms with E-state index >= 15 is 0 Å². The van der Waals surface area contributed by atoms with Crippen molar-refractivity contribution in [2.75, 3.05) is 10.0 Å². The van der Waals surface area contributed by atoms with E-state index in [0.717, 1.165) is 6.07 Å². The average molecular weight is 431 g/mol. The van der Waals surface area contributed by atoms with Crippen LogP contribution in [0.15, 0.2) is 71.6 Å². The SMILES string of the molecule is NC(=O)c1cc(NC(=O)c2ccc(S(=O)(=O)Nc3ccccc3)cc2)c(F)cc1F. The summed E-state index contributed by atoms with van der Waals surface area (Å²) in [5, 5.41) is 2.19. The number of rotatable bonds is 6. The summed E-state index contributed by atoms with van der Waals surface area (Å²) in [7, 11) is -3.88. The van der Waals surface area contributed by atoms with Crippen molar-refractivity contribution >= 4 is 33.2 Å². The summed E-state index contributed by atoms with van der Waals surface area (Å²) >= 11 is 0. The van der Waals surface area contributed by atoms with Gasteiger partial charge in [0.25, 0.3) is 21.8 Å². The van der Waals surface area contributed by atoms with Crippen molar-refractivity contribution in [3.05, 3.63) is 89.5 Å². The number of benzene rings is 3. The standard InChI is InChI=1S/C20H15F2N3O4S/c21-16-11-17(22)18(10-15(16)19(23)26)24-20(27)12-6-8-14(9-7-12)30(28,29)25-13-4-2-1-3-5-13/h1-11,25H,(H2,23,26)(H,24,27). The Morgan fingerprint density at radius 2 is 1.50 bits per heavy atom. The number of nitrogens with one attached hydrogen (secondary N) is 2. The minimum atomic E-state index is -3.88. The Kier molecular flexibility index (Phi) is 5.79. The highest BCUT2D eigenvalue weighted by Crippen LogP contribution is 2.21. The first-order valence-corrected chi connectivity index (χ1v) is 9.94. The number of primary amides is 1. The van der Waals surface area contributed by atoms with E-state index in [2.05, 4.69) is 10.0 Å². The second kappa shape index (κ2) is 8.29. The maximum Gasteiger partial charge on any atom is 0.261 e. The highest BCUT2D eigenvalue weighted by Gasteiger charge is 2.18. The lowest BCUT2D eigenvalue weighted by Gasteiger charge is -2.10. The molecular formula is C20H15F2N3O4S. The van der Waals surface area contributed by atoms with E-state index < -0.39 is 44.7 Å². The lowest BCUT2D eigenvalue weighted by atomic mass is 10.1. The van der Waals surface area contributed by atoms with Crippen LogP contribution in [0, 0.1) is 11.6 Å². The average Bonchev–Trinajstić information content (AvgIpc) is 2.70. The van der Waals surface area contributed by atoms with Crippen molar-refractivity contribution in [3.63, 3.8) is 0 Å². The molecule has 0 saturated heterocycles. The summed E-state index contributed by atoms with van der Waals surface area (Å²) in [5.41, 5.74) is 4.36. The van der Waals surface area contributed by atoms with Crippen LogP contribution in [-0.2, 0) is 10.0 Å². The molecule has 0 fully saturated rings. The van der Waals surface area contributed by atoms with Crippen LogP contribution in [0.5, 0.6) is 0 Å². The van der Waals surface area contributed by atoms with E-state index in [1.54, 1.807) is 30.3 Å². The van der Waals surface area contributed by atoms with Gasteiger partial charge in [0.05, 0.1) is 16.1 Å². The van der Waals surface area contributed by atoms with Crippen LogP contribution in [0.4, 0.5) is 20.2 Å². The number of carbonyl (C=O) groups is 2. The van der Waals surface area contributed by atoms with Gasteiger partial charge in [-0.25, -0.2) is 17.2 Å². The number of sulfonamides is 1. The van der Waals surface area contributed by atoms with Crippen LogP contribution in [-0.4, -0.2) is 20.2 Å². The zero-order chi connectivity index (χ0) is 21.9. The molecule has 0 unspecified atom stereocenters. The fourth-order valence-electron chi connectivity index (χ4n) is 2.53. The van der Waals surface area contributed by atoms with Gasteiger partial charge in [0.1, 0.15) is 11.6 Å². The van der Waals surface area contributed by atoms with Crippen LogP contribution in [0.25, 0.3) is 0 Å². The predicted molar refractivity (Wildman–Crippen MR) is 107 cm³/mol. The maximum atomic E-state index is 13.9. The largest absolute Gasteiger partial charge is 0.366 e. The monoisotopic (exact) mass is 431 g/mol. The van der Waals surface area contributed by atoms with Gasteiger partial charge in [0.15, 0.2) is 0 Å². The number of nitrogens with two attached hydrogens (primary N) is 1. The van der Waals surface area contributed by atoms with Crippen molar-refractivity contribution in [3.8, 4) is 0 Å². The molecule has 30 heavy (non-hydrogen) atoms. The minimum absolute atomic E-state index is 0.0120. The van der Waals surface area contributed by atoms with Crippen molar-refractivity contribution in [1.82, 2.24) is 0 Å². The summed E-state index contributed by atoms with van der Waals surface area (Å²) < 4.78 is 54.7. The quantitative estimate of drug-likeness (QED) is 0.556. The Bertz CT molecular complexity index is 1210. The number of carbonyl (C=O) groups excluding carboxylic acids is 2. The molecule has 4 N–H and O–H groups in total. The molecule has 3 rings (SSSR count). The summed E-state index contributed by atoms with van der Waals surface area (Å²) in [6, 6.07) is 14.3. The number of halogens is 2. The van der Waals surface area contributed by atoms with Crippen LogP contribution in [0.1, 0.15) is 20.7 Å². The van der Waals surface area contributed by atoms with Gasteiger partial charge < -0.3 is 11.1 Å².